The highest BCUT2D eigenvalue weighted by atomic mass is 16.5. The molecule has 1 aliphatic carbocycles. The molecule has 2 fully saturated rings. The van der Waals surface area contributed by atoms with Gasteiger partial charge in [-0.05, 0) is 32.6 Å². The van der Waals surface area contributed by atoms with Crippen LogP contribution in [0.25, 0.3) is 0 Å². The Morgan fingerprint density at radius 2 is 2.00 bits per heavy atom. The van der Waals surface area contributed by atoms with Crippen molar-refractivity contribution < 1.29 is 4.74 Å². The molecule has 1 aliphatic heterocycles. The maximum absolute atomic E-state index is 5.82. The largest absolute Gasteiger partial charge is 0.377 e. The number of aryl methyl sites for hydroxylation is 1. The van der Waals surface area contributed by atoms with Gasteiger partial charge >= 0.3 is 0 Å². The first-order valence-electron chi connectivity index (χ1n) is 7.94. The van der Waals surface area contributed by atoms with Crippen LogP contribution in [0.15, 0.2) is 12.4 Å². The van der Waals surface area contributed by atoms with Crippen LogP contribution in [0.2, 0.25) is 0 Å². The molecule has 110 valence electrons. The van der Waals surface area contributed by atoms with E-state index in [0.29, 0.717) is 12.1 Å². The SMILES string of the molecule is Cc1cnc(CN(CC2CCCO2)C2CCCC2)cn1. The van der Waals surface area contributed by atoms with Gasteiger partial charge in [-0.2, -0.15) is 0 Å². The number of nitrogens with zero attached hydrogens (tertiary/aromatic N) is 3. The molecule has 20 heavy (non-hydrogen) atoms. The molecule has 1 atom stereocenters. The number of aromatic nitrogens is 2. The van der Waals surface area contributed by atoms with Gasteiger partial charge in [-0.3, -0.25) is 14.9 Å². The summed E-state index contributed by atoms with van der Waals surface area (Å²) in [6, 6.07) is 0.710. The minimum absolute atomic E-state index is 0.425. The van der Waals surface area contributed by atoms with Crippen LogP contribution in [0, 0.1) is 6.92 Å². The highest BCUT2D eigenvalue weighted by molar-refractivity contribution is 5.01. The Morgan fingerprint density at radius 3 is 2.65 bits per heavy atom. The molecule has 4 nitrogen and oxygen atoms in total. The Kier molecular flexibility index (Phi) is 4.63. The van der Waals surface area contributed by atoms with Gasteiger partial charge < -0.3 is 4.74 Å². The molecule has 2 aliphatic rings. The van der Waals surface area contributed by atoms with Crippen LogP contribution in [-0.4, -0.2) is 40.2 Å². The summed E-state index contributed by atoms with van der Waals surface area (Å²) in [6.07, 6.45) is 12.0. The summed E-state index contributed by atoms with van der Waals surface area (Å²) < 4.78 is 5.82. The topological polar surface area (TPSA) is 38.2 Å². The van der Waals surface area contributed by atoms with Crippen LogP contribution >= 0.6 is 0 Å². The molecule has 2 heterocycles. The summed E-state index contributed by atoms with van der Waals surface area (Å²) >= 11 is 0. The lowest BCUT2D eigenvalue weighted by Crippen LogP contribution is -2.38. The van der Waals surface area contributed by atoms with E-state index in [2.05, 4.69) is 14.9 Å². The molecule has 1 aromatic rings. The monoisotopic (exact) mass is 275 g/mol. The van der Waals surface area contributed by atoms with E-state index in [9.17, 15) is 0 Å². The minimum atomic E-state index is 0.425. The third kappa shape index (κ3) is 3.55. The molecule has 0 spiro atoms. The van der Waals surface area contributed by atoms with E-state index in [1.54, 1.807) is 0 Å². The fourth-order valence-corrected chi connectivity index (χ4v) is 3.37. The number of ether oxygens (including phenoxy) is 1. The van der Waals surface area contributed by atoms with Gasteiger partial charge in [-0.1, -0.05) is 12.8 Å². The molecule has 0 radical (unpaired) electrons. The molecule has 1 saturated heterocycles. The average molecular weight is 275 g/mol. The highest BCUT2D eigenvalue weighted by Gasteiger charge is 2.27. The smallest absolute Gasteiger partial charge is 0.0727 e. The molecule has 1 saturated carbocycles. The molecule has 0 amide bonds. The van der Waals surface area contributed by atoms with Crippen molar-refractivity contribution in [2.24, 2.45) is 0 Å². The third-order valence-corrected chi connectivity index (χ3v) is 4.50. The highest BCUT2D eigenvalue weighted by Crippen LogP contribution is 2.26. The van der Waals surface area contributed by atoms with Crippen LogP contribution in [-0.2, 0) is 11.3 Å². The van der Waals surface area contributed by atoms with Crippen molar-refractivity contribution in [2.75, 3.05) is 13.2 Å². The van der Waals surface area contributed by atoms with Crippen LogP contribution in [0.4, 0.5) is 0 Å². The molecule has 3 rings (SSSR count). The predicted octanol–water partition coefficient (Wildman–Crippen LogP) is 2.71. The van der Waals surface area contributed by atoms with Crippen LogP contribution in [0.3, 0.4) is 0 Å². The van der Waals surface area contributed by atoms with E-state index in [4.69, 9.17) is 4.74 Å². The van der Waals surface area contributed by atoms with E-state index in [1.165, 1.54) is 38.5 Å². The number of rotatable bonds is 5. The fourth-order valence-electron chi connectivity index (χ4n) is 3.37. The Labute approximate surface area is 121 Å². The van der Waals surface area contributed by atoms with Crippen molar-refractivity contribution in [1.29, 1.82) is 0 Å². The average Bonchev–Trinajstić information content (AvgIpc) is 3.12. The molecule has 0 N–H and O–H groups in total. The number of hydrogen-bond acceptors (Lipinski definition) is 4. The molecular formula is C16H25N3O. The van der Waals surface area contributed by atoms with Crippen molar-refractivity contribution in [3.05, 3.63) is 23.8 Å². The van der Waals surface area contributed by atoms with Crippen molar-refractivity contribution in [3.8, 4) is 0 Å². The van der Waals surface area contributed by atoms with Crippen molar-refractivity contribution in [2.45, 2.75) is 64.1 Å². The second-order valence-electron chi connectivity index (χ2n) is 6.15. The lowest BCUT2D eigenvalue weighted by molar-refractivity contribution is 0.0536. The zero-order chi connectivity index (χ0) is 13.8. The lowest BCUT2D eigenvalue weighted by Gasteiger charge is -2.30. The maximum atomic E-state index is 5.82. The van der Waals surface area contributed by atoms with Crippen molar-refractivity contribution in [1.82, 2.24) is 14.9 Å². The van der Waals surface area contributed by atoms with Crippen molar-refractivity contribution >= 4 is 0 Å². The Morgan fingerprint density at radius 1 is 1.15 bits per heavy atom. The summed E-state index contributed by atoms with van der Waals surface area (Å²) in [5.41, 5.74) is 2.07. The minimum Gasteiger partial charge on any atom is -0.377 e. The van der Waals surface area contributed by atoms with Crippen LogP contribution in [0.1, 0.15) is 49.9 Å². The maximum Gasteiger partial charge on any atom is 0.0727 e. The molecule has 0 aromatic carbocycles. The normalized spacial score (nSPS) is 23.8. The predicted molar refractivity (Wildman–Crippen MR) is 78.4 cm³/mol. The van der Waals surface area contributed by atoms with Gasteiger partial charge in [-0.25, -0.2) is 0 Å². The summed E-state index contributed by atoms with van der Waals surface area (Å²) in [6.45, 7) is 4.89. The van der Waals surface area contributed by atoms with E-state index in [-0.39, 0.29) is 0 Å². The summed E-state index contributed by atoms with van der Waals surface area (Å²) in [7, 11) is 0. The molecule has 1 unspecified atom stereocenters. The van der Waals surface area contributed by atoms with Gasteiger partial charge in [0.15, 0.2) is 0 Å². The fraction of sp³-hybridized carbons (Fsp3) is 0.750. The first kappa shape index (κ1) is 14.0. The van der Waals surface area contributed by atoms with Gasteiger partial charge in [0, 0.05) is 38.1 Å². The van der Waals surface area contributed by atoms with Gasteiger partial charge in [0.05, 0.1) is 17.5 Å². The van der Waals surface area contributed by atoms with Crippen LogP contribution in [0.5, 0.6) is 0 Å². The zero-order valence-electron chi connectivity index (χ0n) is 12.4. The lowest BCUT2D eigenvalue weighted by atomic mass is 10.1. The Balaban J connectivity index is 1.65. The molecular weight excluding hydrogens is 250 g/mol. The van der Waals surface area contributed by atoms with E-state index in [0.717, 1.165) is 31.1 Å². The Hall–Kier alpha value is -1.00. The summed E-state index contributed by atoms with van der Waals surface area (Å²) in [5.74, 6) is 0. The van der Waals surface area contributed by atoms with Gasteiger partial charge in [0.1, 0.15) is 0 Å². The Bertz CT molecular complexity index is 408. The molecule has 4 heteroatoms. The van der Waals surface area contributed by atoms with E-state index < -0.39 is 0 Å². The van der Waals surface area contributed by atoms with Crippen molar-refractivity contribution in [3.63, 3.8) is 0 Å². The second-order valence-corrected chi connectivity index (χ2v) is 6.15. The zero-order valence-corrected chi connectivity index (χ0v) is 12.4. The van der Waals surface area contributed by atoms with Gasteiger partial charge in [0.2, 0.25) is 0 Å². The standard InChI is InChI=1S/C16H25N3O/c1-13-9-18-14(10-17-13)11-19(15-5-2-3-6-15)12-16-7-4-8-20-16/h9-10,15-16H,2-8,11-12H2,1H3. The summed E-state index contributed by atoms with van der Waals surface area (Å²) in [5, 5.41) is 0. The van der Waals surface area contributed by atoms with Gasteiger partial charge in [-0.15, -0.1) is 0 Å². The first-order valence-corrected chi connectivity index (χ1v) is 7.94. The van der Waals surface area contributed by atoms with Crippen LogP contribution < -0.4 is 0 Å². The second kappa shape index (κ2) is 6.64. The van der Waals surface area contributed by atoms with Gasteiger partial charge in [0.25, 0.3) is 0 Å². The third-order valence-electron chi connectivity index (χ3n) is 4.50. The first-order chi connectivity index (χ1) is 9.81. The van der Waals surface area contributed by atoms with E-state index >= 15 is 0 Å². The molecule has 0 bridgehead atoms. The van der Waals surface area contributed by atoms with E-state index in [1.807, 2.05) is 19.3 Å². The molecule has 1 aromatic heterocycles. The quantitative estimate of drug-likeness (QED) is 0.828. The summed E-state index contributed by atoms with van der Waals surface area (Å²) in [4.78, 5) is 11.5. The number of hydrogen-bond donors (Lipinski definition) is 0.